The fraction of sp³-hybridized carbons (Fsp3) is 0.103. The van der Waals surface area contributed by atoms with Gasteiger partial charge >= 0.3 is 5.97 Å². The highest BCUT2D eigenvalue weighted by atomic mass is 19.1. The predicted octanol–water partition coefficient (Wildman–Crippen LogP) is 5.77. The van der Waals surface area contributed by atoms with Crippen LogP contribution in [-0.4, -0.2) is 32.5 Å². The molecule has 0 saturated heterocycles. The quantitative estimate of drug-likeness (QED) is 0.225. The molecule has 0 unspecified atom stereocenters. The van der Waals surface area contributed by atoms with Crippen LogP contribution in [0, 0.1) is 24.0 Å². The third-order valence-corrected chi connectivity index (χ3v) is 5.09. The molecule has 0 atom stereocenters. The number of rotatable bonds is 7. The molecule has 4 N–H and O–H groups in total. The summed E-state index contributed by atoms with van der Waals surface area (Å²) < 4.78 is 25.6. The van der Waals surface area contributed by atoms with Gasteiger partial charge in [-0.05, 0) is 86.6 Å². The maximum Gasteiger partial charge on any atom is 0.339 e. The van der Waals surface area contributed by atoms with Crippen LogP contribution in [-0.2, 0) is 0 Å². The van der Waals surface area contributed by atoms with Gasteiger partial charge < -0.3 is 21.1 Å². The normalized spacial score (nSPS) is 10.3. The van der Waals surface area contributed by atoms with Gasteiger partial charge in [-0.3, -0.25) is 4.79 Å². The number of aromatic carboxylic acids is 1. The van der Waals surface area contributed by atoms with Gasteiger partial charge in [0.1, 0.15) is 28.8 Å². The van der Waals surface area contributed by atoms with Crippen LogP contribution in [0.2, 0.25) is 0 Å². The second-order valence-corrected chi connectivity index (χ2v) is 8.59. The van der Waals surface area contributed by atoms with Gasteiger partial charge in [-0.1, -0.05) is 5.92 Å². The monoisotopic (exact) mass is 529 g/mol. The van der Waals surface area contributed by atoms with E-state index in [2.05, 4.69) is 31.8 Å². The summed E-state index contributed by atoms with van der Waals surface area (Å²) in [5.41, 5.74) is 0.866. The highest BCUT2D eigenvalue weighted by molar-refractivity contribution is 6.00. The first-order chi connectivity index (χ1) is 18.6. The van der Waals surface area contributed by atoms with E-state index in [1.807, 2.05) is 0 Å². The topological polar surface area (TPSA) is 116 Å². The van der Waals surface area contributed by atoms with Gasteiger partial charge in [0.05, 0.1) is 11.1 Å². The van der Waals surface area contributed by atoms with Crippen LogP contribution < -0.4 is 16.0 Å². The Bertz CT molecular complexity index is 1480. The zero-order chi connectivity index (χ0) is 28.4. The molecular formula is C29H25F2N5O3. The minimum Gasteiger partial charge on any atom is -0.478 e. The van der Waals surface area contributed by atoms with Crippen molar-refractivity contribution in [2.75, 3.05) is 10.6 Å². The molecule has 0 spiro atoms. The van der Waals surface area contributed by atoms with Crippen molar-refractivity contribution in [3.63, 3.8) is 0 Å². The van der Waals surface area contributed by atoms with E-state index < -0.39 is 11.5 Å². The molecule has 39 heavy (non-hydrogen) atoms. The van der Waals surface area contributed by atoms with Crippen LogP contribution in [0.15, 0.2) is 85.2 Å². The Morgan fingerprint density at radius 2 is 1.23 bits per heavy atom. The third-order valence-electron chi connectivity index (χ3n) is 5.09. The zero-order valence-electron chi connectivity index (χ0n) is 21.1. The maximum absolute atomic E-state index is 12.9. The van der Waals surface area contributed by atoms with Gasteiger partial charge in [-0.15, -0.1) is 6.42 Å². The molecule has 0 aliphatic carbocycles. The summed E-state index contributed by atoms with van der Waals surface area (Å²) in [5.74, 6) is 1.02. The van der Waals surface area contributed by atoms with E-state index in [-0.39, 0.29) is 28.9 Å². The number of amides is 1. The molecule has 4 aromatic rings. The van der Waals surface area contributed by atoms with Crippen molar-refractivity contribution in [2.24, 2.45) is 0 Å². The van der Waals surface area contributed by atoms with Gasteiger partial charge in [0, 0.05) is 23.8 Å². The summed E-state index contributed by atoms with van der Waals surface area (Å²) in [4.78, 5) is 31.4. The molecule has 0 aliphatic heterocycles. The number of nitrogens with one attached hydrogen (secondary N) is 3. The molecule has 4 rings (SSSR count). The highest BCUT2D eigenvalue weighted by Crippen LogP contribution is 2.20. The number of benzene rings is 2. The molecule has 1 amide bonds. The Hall–Kier alpha value is -5.30. The summed E-state index contributed by atoms with van der Waals surface area (Å²) >= 11 is 0. The number of carbonyl (C=O) groups is 2. The number of carboxylic acids is 1. The van der Waals surface area contributed by atoms with E-state index in [0.29, 0.717) is 22.8 Å². The summed E-state index contributed by atoms with van der Waals surface area (Å²) in [6.07, 6.45) is 8.43. The van der Waals surface area contributed by atoms with E-state index in [1.54, 1.807) is 50.4 Å². The molecule has 0 fully saturated rings. The number of carboxylic acid groups (broad SMARTS) is 1. The maximum atomic E-state index is 12.9. The summed E-state index contributed by atoms with van der Waals surface area (Å²) in [6.45, 7) is 3.46. The number of hydrogen-bond acceptors (Lipinski definition) is 6. The van der Waals surface area contributed by atoms with Crippen LogP contribution in [0.5, 0.6) is 0 Å². The predicted molar refractivity (Wildman–Crippen MR) is 145 cm³/mol. The number of hydrogen-bond donors (Lipinski definition) is 4. The molecule has 2 heterocycles. The average Bonchev–Trinajstić information content (AvgIpc) is 2.92. The first kappa shape index (κ1) is 28.3. The molecule has 0 saturated carbocycles. The van der Waals surface area contributed by atoms with Crippen molar-refractivity contribution < 1.29 is 23.5 Å². The molecular weight excluding hydrogens is 504 g/mol. The average molecular weight is 530 g/mol. The number of aromatic nitrogens is 2. The number of nitrogens with zero attached hydrogens (tertiary/aromatic N) is 2. The second kappa shape index (κ2) is 12.8. The molecule has 198 valence electrons. The lowest BCUT2D eigenvalue weighted by Gasteiger charge is -2.20. The van der Waals surface area contributed by atoms with Crippen LogP contribution in [0.4, 0.5) is 31.8 Å². The highest BCUT2D eigenvalue weighted by Gasteiger charge is 2.20. The van der Waals surface area contributed by atoms with Crippen molar-refractivity contribution in [3.05, 3.63) is 108 Å². The first-order valence-corrected chi connectivity index (χ1v) is 11.6. The van der Waals surface area contributed by atoms with Crippen LogP contribution in [0.25, 0.3) is 0 Å². The van der Waals surface area contributed by atoms with Crippen molar-refractivity contribution in [1.82, 2.24) is 15.3 Å². The summed E-state index contributed by atoms with van der Waals surface area (Å²) in [5, 5.41) is 17.5. The number of pyridine rings is 2. The molecule has 0 radical (unpaired) electrons. The van der Waals surface area contributed by atoms with Crippen LogP contribution >= 0.6 is 0 Å². The van der Waals surface area contributed by atoms with Gasteiger partial charge in [-0.2, -0.15) is 0 Å². The lowest BCUT2D eigenvalue weighted by molar-refractivity contribution is 0.0697. The number of terminal acetylenes is 1. The van der Waals surface area contributed by atoms with Crippen LogP contribution in [0.3, 0.4) is 0 Å². The Morgan fingerprint density at radius 1 is 0.795 bits per heavy atom. The van der Waals surface area contributed by atoms with Gasteiger partial charge in [0.15, 0.2) is 0 Å². The molecule has 0 bridgehead atoms. The van der Waals surface area contributed by atoms with E-state index in [4.69, 9.17) is 11.5 Å². The van der Waals surface area contributed by atoms with Gasteiger partial charge in [0.25, 0.3) is 5.91 Å². The SMILES string of the molecule is C#CC(C)(C)NC(=O)c1cccnc1Nc1ccc(F)cc1.O=C(O)c1cccnc1Nc1ccc(F)cc1. The van der Waals surface area contributed by atoms with Crippen molar-refractivity contribution in [3.8, 4) is 12.3 Å². The number of carbonyl (C=O) groups excluding carboxylic acids is 1. The lowest BCUT2D eigenvalue weighted by atomic mass is 10.1. The Morgan fingerprint density at radius 3 is 1.67 bits per heavy atom. The van der Waals surface area contributed by atoms with E-state index in [1.165, 1.54) is 48.7 Å². The largest absolute Gasteiger partial charge is 0.478 e. The molecule has 2 aromatic heterocycles. The second-order valence-electron chi connectivity index (χ2n) is 8.59. The summed E-state index contributed by atoms with van der Waals surface area (Å²) in [7, 11) is 0. The Balaban J connectivity index is 0.000000223. The Kier molecular flexibility index (Phi) is 9.27. The van der Waals surface area contributed by atoms with Crippen molar-refractivity contribution in [2.45, 2.75) is 19.4 Å². The minimum atomic E-state index is -1.07. The van der Waals surface area contributed by atoms with Gasteiger partial charge in [-0.25, -0.2) is 23.5 Å². The molecule has 10 heteroatoms. The first-order valence-electron chi connectivity index (χ1n) is 11.6. The lowest BCUT2D eigenvalue weighted by Crippen LogP contribution is -2.42. The molecule has 8 nitrogen and oxygen atoms in total. The number of halogens is 2. The zero-order valence-corrected chi connectivity index (χ0v) is 21.1. The van der Waals surface area contributed by atoms with Crippen molar-refractivity contribution >= 4 is 34.9 Å². The third kappa shape index (κ3) is 8.36. The standard InChI is InChI=1S/C17H16FN3O.C12H9FN2O2/c1-4-17(2,3)21-16(22)14-6-5-11-19-15(14)20-13-9-7-12(18)8-10-13;13-8-3-5-9(6-4-8)15-11-10(12(16)17)2-1-7-14-11/h1,5-11H,2-3H3,(H,19,20)(H,21,22);1-7H,(H,14,15)(H,16,17). The van der Waals surface area contributed by atoms with Crippen molar-refractivity contribution in [1.29, 1.82) is 0 Å². The fourth-order valence-corrected chi connectivity index (χ4v) is 3.09. The van der Waals surface area contributed by atoms with E-state index in [9.17, 15) is 18.4 Å². The molecule has 0 aliphatic rings. The van der Waals surface area contributed by atoms with E-state index >= 15 is 0 Å². The smallest absolute Gasteiger partial charge is 0.339 e. The van der Waals surface area contributed by atoms with E-state index in [0.717, 1.165) is 0 Å². The minimum absolute atomic E-state index is 0.0665. The fourth-order valence-electron chi connectivity index (χ4n) is 3.09. The van der Waals surface area contributed by atoms with Crippen LogP contribution in [0.1, 0.15) is 34.6 Å². The number of anilines is 4. The Labute approximate surface area is 224 Å². The summed E-state index contributed by atoms with van der Waals surface area (Å²) in [6, 6.07) is 17.7. The van der Waals surface area contributed by atoms with Gasteiger partial charge in [0.2, 0.25) is 0 Å². The molecule has 2 aromatic carbocycles.